The van der Waals surface area contributed by atoms with Crippen molar-refractivity contribution in [2.24, 2.45) is 0 Å². The first-order chi connectivity index (χ1) is 6.65. The predicted octanol–water partition coefficient (Wildman–Crippen LogP) is 3.04. The van der Waals surface area contributed by atoms with Gasteiger partial charge in [0.1, 0.15) is 0 Å². The third-order valence-electron chi connectivity index (χ3n) is 1.61. The Morgan fingerprint density at radius 1 is 1.57 bits per heavy atom. The Morgan fingerprint density at radius 3 is 3.07 bits per heavy atom. The average molecular weight is 229 g/mol. The van der Waals surface area contributed by atoms with E-state index in [0.717, 1.165) is 4.70 Å². The second-order valence-corrected chi connectivity index (χ2v) is 4.19. The summed E-state index contributed by atoms with van der Waals surface area (Å²) in [6, 6.07) is 5.10. The topological polar surface area (TPSA) is 62.2 Å². The van der Waals surface area contributed by atoms with E-state index >= 15 is 0 Å². The van der Waals surface area contributed by atoms with Crippen molar-refractivity contribution in [3.05, 3.63) is 22.7 Å². The molecule has 2 rings (SSSR count). The fourth-order valence-corrected chi connectivity index (χ4v) is 2.11. The van der Waals surface area contributed by atoms with Crippen molar-refractivity contribution < 1.29 is 9.90 Å². The van der Waals surface area contributed by atoms with E-state index in [1.807, 2.05) is 0 Å². The van der Waals surface area contributed by atoms with Gasteiger partial charge in [0.25, 0.3) is 0 Å². The van der Waals surface area contributed by atoms with Crippen LogP contribution in [0.1, 0.15) is 0 Å². The van der Waals surface area contributed by atoms with Gasteiger partial charge < -0.3 is 5.11 Å². The highest BCUT2D eigenvalue weighted by Gasteiger charge is 2.03. The first-order valence-electron chi connectivity index (χ1n) is 3.71. The number of thiazole rings is 1. The van der Waals surface area contributed by atoms with Gasteiger partial charge in [0.05, 0.1) is 10.2 Å². The van der Waals surface area contributed by atoms with Crippen molar-refractivity contribution in [1.29, 1.82) is 0 Å². The Kier molecular flexibility index (Phi) is 2.26. The number of anilines is 1. The molecule has 2 N–H and O–H groups in total. The first kappa shape index (κ1) is 9.23. The van der Waals surface area contributed by atoms with Crippen LogP contribution in [-0.2, 0) is 0 Å². The summed E-state index contributed by atoms with van der Waals surface area (Å²) in [5.41, 5.74) is 1.19. The fourth-order valence-electron chi connectivity index (χ4n) is 1.10. The number of rotatable bonds is 1. The molecule has 0 saturated heterocycles. The maximum absolute atomic E-state index is 10.4. The van der Waals surface area contributed by atoms with E-state index in [0.29, 0.717) is 15.7 Å². The Balaban J connectivity index is 2.45. The molecule has 0 radical (unpaired) electrons. The van der Waals surface area contributed by atoms with Crippen LogP contribution in [0.5, 0.6) is 0 Å². The van der Waals surface area contributed by atoms with Crippen LogP contribution < -0.4 is 5.32 Å². The number of hydrogen-bond donors (Lipinski definition) is 2. The van der Waals surface area contributed by atoms with Crippen molar-refractivity contribution in [3.8, 4) is 0 Å². The second-order valence-electron chi connectivity index (χ2n) is 2.58. The lowest BCUT2D eigenvalue weighted by Gasteiger charge is -1.98. The van der Waals surface area contributed by atoms with E-state index in [4.69, 9.17) is 16.7 Å². The van der Waals surface area contributed by atoms with Crippen molar-refractivity contribution >= 4 is 44.9 Å². The van der Waals surface area contributed by atoms with E-state index in [1.165, 1.54) is 11.3 Å². The summed E-state index contributed by atoms with van der Waals surface area (Å²) in [6.45, 7) is 0. The zero-order chi connectivity index (χ0) is 10.1. The molecule has 0 bridgehead atoms. The lowest BCUT2D eigenvalue weighted by Crippen LogP contribution is -2.06. The normalized spacial score (nSPS) is 10.4. The number of carbonyl (C=O) groups is 1. The SMILES string of the molecule is O=C(O)Nc1ccc2sc(Cl)nc2c1. The standard InChI is InChI=1S/C8H5ClN2O2S/c9-7-11-5-3-4(10-8(12)13)1-2-6(5)14-7/h1-3,10H,(H,12,13). The molecule has 1 amide bonds. The molecule has 0 aliphatic heterocycles. The molecule has 0 atom stereocenters. The molecule has 1 aromatic heterocycles. The van der Waals surface area contributed by atoms with Gasteiger partial charge in [0.15, 0.2) is 4.47 Å². The van der Waals surface area contributed by atoms with Gasteiger partial charge in [-0.2, -0.15) is 0 Å². The Morgan fingerprint density at radius 2 is 2.36 bits per heavy atom. The number of aromatic nitrogens is 1. The Hall–Kier alpha value is -1.33. The maximum atomic E-state index is 10.4. The van der Waals surface area contributed by atoms with Crippen LogP contribution in [0.25, 0.3) is 10.2 Å². The van der Waals surface area contributed by atoms with Crippen molar-refractivity contribution in [3.63, 3.8) is 0 Å². The molecule has 6 heteroatoms. The minimum Gasteiger partial charge on any atom is -0.465 e. The third kappa shape index (κ3) is 1.78. The summed E-state index contributed by atoms with van der Waals surface area (Å²) in [7, 11) is 0. The zero-order valence-corrected chi connectivity index (χ0v) is 8.39. The van der Waals surface area contributed by atoms with Crippen LogP contribution in [0.15, 0.2) is 18.2 Å². The van der Waals surface area contributed by atoms with Crippen molar-refractivity contribution in [2.75, 3.05) is 5.32 Å². The Labute approximate surface area is 88.1 Å². The molecule has 0 spiro atoms. The molecular weight excluding hydrogens is 224 g/mol. The fraction of sp³-hybridized carbons (Fsp3) is 0. The lowest BCUT2D eigenvalue weighted by atomic mass is 10.3. The van der Waals surface area contributed by atoms with Crippen LogP contribution >= 0.6 is 22.9 Å². The molecule has 1 aromatic carbocycles. The minimum absolute atomic E-state index is 0.451. The van der Waals surface area contributed by atoms with Crippen molar-refractivity contribution in [2.45, 2.75) is 0 Å². The van der Waals surface area contributed by atoms with E-state index in [2.05, 4.69) is 10.3 Å². The van der Waals surface area contributed by atoms with E-state index in [1.54, 1.807) is 18.2 Å². The van der Waals surface area contributed by atoms with E-state index < -0.39 is 6.09 Å². The van der Waals surface area contributed by atoms with Gasteiger partial charge in [0.2, 0.25) is 0 Å². The number of amides is 1. The molecule has 1 heterocycles. The summed E-state index contributed by atoms with van der Waals surface area (Å²) < 4.78 is 1.39. The molecule has 0 fully saturated rings. The molecule has 2 aromatic rings. The zero-order valence-electron chi connectivity index (χ0n) is 6.82. The molecular formula is C8H5ClN2O2S. The largest absolute Gasteiger partial charge is 0.465 e. The van der Waals surface area contributed by atoms with Crippen LogP contribution in [0.3, 0.4) is 0 Å². The van der Waals surface area contributed by atoms with E-state index in [-0.39, 0.29) is 0 Å². The monoisotopic (exact) mass is 228 g/mol. The number of nitrogens with one attached hydrogen (secondary N) is 1. The molecule has 0 aliphatic rings. The number of fused-ring (bicyclic) bond motifs is 1. The van der Waals surface area contributed by atoms with Crippen LogP contribution in [-0.4, -0.2) is 16.2 Å². The highest BCUT2D eigenvalue weighted by molar-refractivity contribution is 7.22. The average Bonchev–Trinajstić information content (AvgIpc) is 2.42. The van der Waals surface area contributed by atoms with Gasteiger partial charge in [-0.15, -0.1) is 11.3 Å². The van der Waals surface area contributed by atoms with Gasteiger partial charge in [-0.25, -0.2) is 9.78 Å². The first-order valence-corrected chi connectivity index (χ1v) is 4.90. The second kappa shape index (κ2) is 3.43. The summed E-state index contributed by atoms with van der Waals surface area (Å²) in [5.74, 6) is 0. The highest BCUT2D eigenvalue weighted by Crippen LogP contribution is 2.27. The summed E-state index contributed by atoms with van der Waals surface area (Å²) in [6.07, 6.45) is -1.09. The maximum Gasteiger partial charge on any atom is 0.409 e. The summed E-state index contributed by atoms with van der Waals surface area (Å²) >= 11 is 7.07. The third-order valence-corrected chi connectivity index (χ3v) is 2.75. The van der Waals surface area contributed by atoms with Gasteiger partial charge >= 0.3 is 6.09 Å². The van der Waals surface area contributed by atoms with Gasteiger partial charge in [0, 0.05) is 5.69 Å². The van der Waals surface area contributed by atoms with Gasteiger partial charge in [-0.05, 0) is 18.2 Å². The summed E-state index contributed by atoms with van der Waals surface area (Å²) in [4.78, 5) is 14.4. The lowest BCUT2D eigenvalue weighted by molar-refractivity contribution is 0.210. The number of hydrogen-bond acceptors (Lipinski definition) is 3. The molecule has 0 aliphatic carbocycles. The molecule has 0 saturated carbocycles. The van der Waals surface area contributed by atoms with Crippen LogP contribution in [0, 0.1) is 0 Å². The predicted molar refractivity (Wildman–Crippen MR) is 56.3 cm³/mol. The summed E-state index contributed by atoms with van der Waals surface area (Å²) in [5, 5.41) is 10.7. The van der Waals surface area contributed by atoms with Gasteiger partial charge in [-0.1, -0.05) is 11.6 Å². The molecule has 4 nitrogen and oxygen atoms in total. The number of nitrogens with zero attached hydrogens (tertiary/aromatic N) is 1. The smallest absolute Gasteiger partial charge is 0.409 e. The van der Waals surface area contributed by atoms with Crippen LogP contribution in [0.2, 0.25) is 4.47 Å². The van der Waals surface area contributed by atoms with Crippen LogP contribution in [0.4, 0.5) is 10.5 Å². The quantitative estimate of drug-likeness (QED) is 0.789. The number of carboxylic acid groups (broad SMARTS) is 1. The highest BCUT2D eigenvalue weighted by atomic mass is 35.5. The molecule has 14 heavy (non-hydrogen) atoms. The number of halogens is 1. The number of benzene rings is 1. The van der Waals surface area contributed by atoms with Crippen molar-refractivity contribution in [1.82, 2.24) is 4.98 Å². The Bertz CT molecular complexity index is 497. The molecule has 0 unspecified atom stereocenters. The minimum atomic E-state index is -1.09. The van der Waals surface area contributed by atoms with E-state index in [9.17, 15) is 4.79 Å². The van der Waals surface area contributed by atoms with Gasteiger partial charge in [-0.3, -0.25) is 5.32 Å². The molecule has 72 valence electrons.